The van der Waals surface area contributed by atoms with E-state index in [1.807, 2.05) is 48.5 Å². The van der Waals surface area contributed by atoms with Gasteiger partial charge in [0, 0.05) is 34.8 Å². The molecule has 0 spiro atoms. The van der Waals surface area contributed by atoms with Crippen LogP contribution < -0.4 is 5.56 Å². The molecule has 0 bridgehead atoms. The lowest BCUT2D eigenvalue weighted by molar-refractivity contribution is 0.991. The number of benzene rings is 2. The minimum Gasteiger partial charge on any atom is -0.283 e. The van der Waals surface area contributed by atoms with E-state index in [0.717, 1.165) is 16.8 Å². The largest absolute Gasteiger partial charge is 0.283 e. The predicted octanol–water partition coefficient (Wildman–Crippen LogP) is 4.50. The van der Waals surface area contributed by atoms with Crippen LogP contribution in [-0.2, 0) is 6.42 Å². The molecule has 2 heterocycles. The number of nitrogens with zero attached hydrogens (tertiary/aromatic N) is 4. The van der Waals surface area contributed by atoms with Crippen molar-refractivity contribution in [1.29, 1.82) is 10.5 Å². The molecule has 0 saturated carbocycles. The third-order valence-corrected chi connectivity index (χ3v) is 4.81. The second-order valence-corrected chi connectivity index (χ2v) is 6.69. The van der Waals surface area contributed by atoms with Crippen LogP contribution >= 0.6 is 0 Å². The number of hydrogen-bond acceptors (Lipinski definition) is 4. The van der Waals surface area contributed by atoms with Gasteiger partial charge in [0.2, 0.25) is 0 Å². The first-order valence-corrected chi connectivity index (χ1v) is 9.35. The van der Waals surface area contributed by atoms with Crippen LogP contribution in [0, 0.1) is 22.7 Å². The number of rotatable bonds is 4. The first kappa shape index (κ1) is 18.9. The van der Waals surface area contributed by atoms with Crippen molar-refractivity contribution in [3.63, 3.8) is 0 Å². The molecule has 0 atom stereocenters. The van der Waals surface area contributed by atoms with E-state index >= 15 is 0 Å². The summed E-state index contributed by atoms with van der Waals surface area (Å²) in [4.78, 5) is 17.8. The lowest BCUT2D eigenvalue weighted by atomic mass is 9.99. The van der Waals surface area contributed by atoms with E-state index in [4.69, 9.17) is 5.26 Å². The highest BCUT2D eigenvalue weighted by Gasteiger charge is 2.15. The van der Waals surface area contributed by atoms with Crippen molar-refractivity contribution in [2.24, 2.45) is 0 Å². The van der Waals surface area contributed by atoms with Crippen molar-refractivity contribution in [2.75, 3.05) is 0 Å². The zero-order chi connectivity index (χ0) is 20.9. The van der Waals surface area contributed by atoms with Crippen molar-refractivity contribution in [2.45, 2.75) is 6.42 Å². The maximum Gasteiger partial charge on any atom is 0.263 e. The Morgan fingerprint density at radius 1 is 0.900 bits per heavy atom. The Labute approximate surface area is 173 Å². The molecule has 0 radical (unpaired) electrons. The predicted molar refractivity (Wildman–Crippen MR) is 115 cm³/mol. The molecule has 0 aliphatic heterocycles. The minimum absolute atomic E-state index is 0.231. The summed E-state index contributed by atoms with van der Waals surface area (Å²) in [5, 5.41) is 18.4. The van der Waals surface area contributed by atoms with Gasteiger partial charge in [0.15, 0.2) is 0 Å². The van der Waals surface area contributed by atoms with Gasteiger partial charge in [0.1, 0.15) is 0 Å². The standard InChI is InChI=1S/C25H16N4O/c26-13-12-18-8-10-21(11-9-18)29-17-20(24-7-3-4-14-28-24)15-23(25(29)30)22-6-2-1-5-19(22)16-27/h1-11,14-15,17H,12H2. The number of aromatic nitrogens is 2. The lowest BCUT2D eigenvalue weighted by Gasteiger charge is -2.13. The van der Waals surface area contributed by atoms with E-state index in [2.05, 4.69) is 17.1 Å². The van der Waals surface area contributed by atoms with Crippen molar-refractivity contribution in [3.05, 3.63) is 107 Å². The highest BCUT2D eigenvalue weighted by Crippen LogP contribution is 2.26. The topological polar surface area (TPSA) is 82.5 Å². The molecule has 5 heteroatoms. The van der Waals surface area contributed by atoms with E-state index in [1.165, 1.54) is 0 Å². The number of nitriles is 2. The van der Waals surface area contributed by atoms with Gasteiger partial charge in [-0.3, -0.25) is 14.3 Å². The number of pyridine rings is 2. The van der Waals surface area contributed by atoms with Crippen molar-refractivity contribution in [1.82, 2.24) is 9.55 Å². The van der Waals surface area contributed by atoms with Crippen LogP contribution in [0.3, 0.4) is 0 Å². The summed E-state index contributed by atoms with van der Waals surface area (Å²) in [7, 11) is 0. The van der Waals surface area contributed by atoms with Crippen LogP contribution in [0.15, 0.2) is 90.0 Å². The van der Waals surface area contributed by atoms with Gasteiger partial charge in [-0.05, 0) is 42.0 Å². The monoisotopic (exact) mass is 388 g/mol. The fourth-order valence-corrected chi connectivity index (χ4v) is 3.32. The minimum atomic E-state index is -0.231. The zero-order valence-electron chi connectivity index (χ0n) is 16.0. The Morgan fingerprint density at radius 3 is 2.37 bits per heavy atom. The van der Waals surface area contributed by atoms with Crippen molar-refractivity contribution < 1.29 is 0 Å². The fraction of sp³-hybridized carbons (Fsp3) is 0.0400. The highest BCUT2D eigenvalue weighted by molar-refractivity contribution is 5.74. The summed E-state index contributed by atoms with van der Waals surface area (Å²) in [5.41, 5.74) is 4.26. The summed E-state index contributed by atoms with van der Waals surface area (Å²) in [6.07, 6.45) is 3.76. The average molecular weight is 388 g/mol. The SMILES string of the molecule is N#CCc1ccc(-n2cc(-c3ccccn3)cc(-c3ccccc3C#N)c2=O)cc1. The normalized spacial score (nSPS) is 10.2. The highest BCUT2D eigenvalue weighted by atomic mass is 16.1. The van der Waals surface area contributed by atoms with Gasteiger partial charge >= 0.3 is 0 Å². The Balaban J connectivity index is 1.97. The molecule has 2 aromatic heterocycles. The molecule has 0 unspecified atom stereocenters. The number of hydrogen-bond donors (Lipinski definition) is 0. The van der Waals surface area contributed by atoms with Crippen LogP contribution in [-0.4, -0.2) is 9.55 Å². The molecule has 142 valence electrons. The average Bonchev–Trinajstić information content (AvgIpc) is 2.81. The molecule has 4 aromatic rings. The first-order valence-electron chi connectivity index (χ1n) is 9.35. The van der Waals surface area contributed by atoms with E-state index in [0.29, 0.717) is 28.8 Å². The summed E-state index contributed by atoms with van der Waals surface area (Å²) >= 11 is 0. The van der Waals surface area contributed by atoms with Crippen molar-refractivity contribution in [3.8, 4) is 40.2 Å². The molecule has 0 fully saturated rings. The van der Waals surface area contributed by atoms with Crippen LogP contribution in [0.2, 0.25) is 0 Å². The Bertz CT molecular complexity index is 1340. The van der Waals surface area contributed by atoms with Gasteiger partial charge in [-0.2, -0.15) is 10.5 Å². The Morgan fingerprint density at radius 2 is 1.67 bits per heavy atom. The van der Waals surface area contributed by atoms with E-state index in [9.17, 15) is 10.1 Å². The molecular formula is C25H16N4O. The van der Waals surface area contributed by atoms with Gasteiger partial charge in [-0.15, -0.1) is 0 Å². The van der Waals surface area contributed by atoms with E-state index in [1.54, 1.807) is 41.2 Å². The Hall–Kier alpha value is -4.48. The maximum atomic E-state index is 13.4. The third-order valence-electron chi connectivity index (χ3n) is 4.81. The maximum absolute atomic E-state index is 13.4. The van der Waals surface area contributed by atoms with Crippen molar-refractivity contribution >= 4 is 0 Å². The second kappa shape index (κ2) is 8.26. The zero-order valence-corrected chi connectivity index (χ0v) is 16.0. The molecule has 5 nitrogen and oxygen atoms in total. The van der Waals surface area contributed by atoms with Gasteiger partial charge in [0.25, 0.3) is 5.56 Å². The third kappa shape index (κ3) is 3.61. The Kier molecular flexibility index (Phi) is 5.19. The van der Waals surface area contributed by atoms with Gasteiger partial charge < -0.3 is 0 Å². The van der Waals surface area contributed by atoms with Gasteiger partial charge in [-0.25, -0.2) is 0 Å². The summed E-state index contributed by atoms with van der Waals surface area (Å²) in [5.74, 6) is 0. The molecule has 0 amide bonds. The lowest BCUT2D eigenvalue weighted by Crippen LogP contribution is -2.20. The van der Waals surface area contributed by atoms with E-state index in [-0.39, 0.29) is 5.56 Å². The molecule has 0 aliphatic rings. The molecule has 0 N–H and O–H groups in total. The van der Waals surface area contributed by atoms with Gasteiger partial charge in [0.05, 0.1) is 29.8 Å². The fourth-order valence-electron chi connectivity index (χ4n) is 3.32. The molecule has 0 aliphatic carbocycles. The molecule has 2 aromatic carbocycles. The van der Waals surface area contributed by atoms with Crippen LogP contribution in [0.4, 0.5) is 0 Å². The van der Waals surface area contributed by atoms with Gasteiger partial charge in [-0.1, -0.05) is 36.4 Å². The smallest absolute Gasteiger partial charge is 0.263 e. The second-order valence-electron chi connectivity index (χ2n) is 6.69. The van der Waals surface area contributed by atoms with E-state index < -0.39 is 0 Å². The molecule has 0 saturated heterocycles. The quantitative estimate of drug-likeness (QED) is 0.515. The van der Waals surface area contributed by atoms with Crippen LogP contribution in [0.1, 0.15) is 11.1 Å². The summed E-state index contributed by atoms with van der Waals surface area (Å²) in [6.45, 7) is 0. The molecule has 4 rings (SSSR count). The van der Waals surface area contributed by atoms with Crippen LogP contribution in [0.25, 0.3) is 28.1 Å². The molecular weight excluding hydrogens is 372 g/mol. The summed E-state index contributed by atoms with van der Waals surface area (Å²) in [6, 6.07) is 26.0. The first-order chi connectivity index (χ1) is 14.7. The van der Waals surface area contributed by atoms with Crippen LogP contribution in [0.5, 0.6) is 0 Å². The molecule has 30 heavy (non-hydrogen) atoms. The summed E-state index contributed by atoms with van der Waals surface area (Å²) < 4.78 is 1.56.